The first-order valence-corrected chi connectivity index (χ1v) is 4.17. The zero-order chi connectivity index (χ0) is 10.7. The van der Waals surface area contributed by atoms with E-state index in [0.29, 0.717) is 11.3 Å². The number of furan rings is 1. The average molecular weight is 199 g/mol. The van der Waals surface area contributed by atoms with E-state index in [1.54, 1.807) is 6.92 Å². The van der Waals surface area contributed by atoms with E-state index in [4.69, 9.17) is 10.2 Å². The van der Waals surface area contributed by atoms with Crippen molar-refractivity contribution in [2.45, 2.75) is 13.0 Å². The van der Waals surface area contributed by atoms with Crippen LogP contribution in [-0.2, 0) is 4.74 Å². The number of rotatable bonds is 3. The van der Waals surface area contributed by atoms with Crippen molar-refractivity contribution in [1.29, 1.82) is 0 Å². The Morgan fingerprint density at radius 3 is 2.93 bits per heavy atom. The second kappa shape index (κ2) is 4.26. The Labute approximate surface area is 81.5 Å². The molecule has 0 amide bonds. The predicted octanol–water partition coefficient (Wildman–Crippen LogP) is 0.367. The van der Waals surface area contributed by atoms with E-state index in [-0.39, 0.29) is 12.3 Å². The lowest BCUT2D eigenvalue weighted by molar-refractivity contribution is 0.0599. The largest absolute Gasteiger partial charge is 0.465 e. The Morgan fingerprint density at radius 1 is 1.79 bits per heavy atom. The van der Waals surface area contributed by atoms with Crippen LogP contribution < -0.4 is 5.73 Å². The number of hydrogen-bond donors (Lipinski definition) is 2. The highest BCUT2D eigenvalue weighted by Gasteiger charge is 2.18. The molecule has 0 fully saturated rings. The lowest BCUT2D eigenvalue weighted by Crippen LogP contribution is -2.10. The van der Waals surface area contributed by atoms with Crippen LogP contribution in [0.4, 0.5) is 0 Å². The summed E-state index contributed by atoms with van der Waals surface area (Å²) in [6.07, 6.45) is -0.882. The Kier molecular flexibility index (Phi) is 3.27. The molecule has 0 bridgehead atoms. The molecule has 1 rings (SSSR count). The van der Waals surface area contributed by atoms with Crippen LogP contribution in [0.15, 0.2) is 10.5 Å². The number of aliphatic hydroxyl groups excluding tert-OH is 1. The molecule has 3 N–H and O–H groups in total. The van der Waals surface area contributed by atoms with Gasteiger partial charge in [0.2, 0.25) is 0 Å². The summed E-state index contributed by atoms with van der Waals surface area (Å²) in [4.78, 5) is 11.2. The van der Waals surface area contributed by atoms with Crippen LogP contribution in [-0.4, -0.2) is 24.7 Å². The smallest absolute Gasteiger partial charge is 0.341 e. The molecule has 0 spiro atoms. The Hall–Kier alpha value is -1.33. The highest BCUT2D eigenvalue weighted by atomic mass is 16.5. The van der Waals surface area contributed by atoms with Crippen LogP contribution in [0, 0.1) is 6.92 Å². The molecule has 0 saturated carbocycles. The number of aliphatic hydroxyl groups is 1. The third kappa shape index (κ3) is 1.94. The van der Waals surface area contributed by atoms with Gasteiger partial charge in [-0.25, -0.2) is 4.79 Å². The molecular weight excluding hydrogens is 186 g/mol. The van der Waals surface area contributed by atoms with Crippen LogP contribution in [0.1, 0.15) is 28.0 Å². The molecule has 0 unspecified atom stereocenters. The van der Waals surface area contributed by atoms with E-state index in [1.807, 2.05) is 0 Å². The monoisotopic (exact) mass is 199 g/mol. The van der Waals surface area contributed by atoms with Crippen LogP contribution in [0.3, 0.4) is 0 Å². The topological polar surface area (TPSA) is 85.7 Å². The van der Waals surface area contributed by atoms with Gasteiger partial charge in [-0.3, -0.25) is 0 Å². The SMILES string of the molecule is COC(=O)c1cc([C@@H](O)CN)oc1C. The van der Waals surface area contributed by atoms with E-state index in [0.717, 1.165) is 0 Å². The highest BCUT2D eigenvalue weighted by molar-refractivity contribution is 5.90. The summed E-state index contributed by atoms with van der Waals surface area (Å²) in [5.41, 5.74) is 5.56. The first kappa shape index (κ1) is 10.7. The van der Waals surface area contributed by atoms with Gasteiger partial charge >= 0.3 is 5.97 Å². The molecule has 5 heteroatoms. The minimum absolute atomic E-state index is 0.0492. The first-order chi connectivity index (χ1) is 6.60. The zero-order valence-electron chi connectivity index (χ0n) is 8.11. The zero-order valence-corrected chi connectivity index (χ0v) is 8.11. The minimum atomic E-state index is -0.882. The molecule has 5 nitrogen and oxygen atoms in total. The van der Waals surface area contributed by atoms with E-state index < -0.39 is 12.1 Å². The first-order valence-electron chi connectivity index (χ1n) is 4.17. The van der Waals surface area contributed by atoms with Crippen molar-refractivity contribution in [3.05, 3.63) is 23.2 Å². The maximum Gasteiger partial charge on any atom is 0.341 e. The van der Waals surface area contributed by atoms with Gasteiger partial charge in [-0.2, -0.15) is 0 Å². The van der Waals surface area contributed by atoms with E-state index in [1.165, 1.54) is 13.2 Å². The number of hydrogen-bond acceptors (Lipinski definition) is 5. The molecule has 14 heavy (non-hydrogen) atoms. The van der Waals surface area contributed by atoms with Gasteiger partial charge in [0.25, 0.3) is 0 Å². The van der Waals surface area contributed by atoms with Crippen molar-refractivity contribution >= 4 is 5.97 Å². The van der Waals surface area contributed by atoms with Crippen LogP contribution in [0.2, 0.25) is 0 Å². The van der Waals surface area contributed by atoms with E-state index in [9.17, 15) is 9.90 Å². The quantitative estimate of drug-likeness (QED) is 0.687. The minimum Gasteiger partial charge on any atom is -0.465 e. The van der Waals surface area contributed by atoms with Gasteiger partial charge in [0.15, 0.2) is 0 Å². The van der Waals surface area contributed by atoms with Crippen molar-refractivity contribution in [2.75, 3.05) is 13.7 Å². The normalized spacial score (nSPS) is 12.6. The Balaban J connectivity index is 2.98. The fourth-order valence-corrected chi connectivity index (χ4v) is 1.10. The Bertz CT molecular complexity index is 332. The molecule has 1 atom stereocenters. The van der Waals surface area contributed by atoms with Gasteiger partial charge in [-0.05, 0) is 13.0 Å². The van der Waals surface area contributed by atoms with Crippen LogP contribution in [0.5, 0.6) is 0 Å². The molecule has 78 valence electrons. The lowest BCUT2D eigenvalue weighted by Gasteiger charge is -2.01. The Morgan fingerprint density at radius 2 is 2.43 bits per heavy atom. The highest BCUT2D eigenvalue weighted by Crippen LogP contribution is 2.20. The summed E-state index contributed by atoms with van der Waals surface area (Å²) in [7, 11) is 1.29. The van der Waals surface area contributed by atoms with Crippen molar-refractivity contribution in [1.82, 2.24) is 0 Å². The summed E-state index contributed by atoms with van der Waals surface area (Å²) >= 11 is 0. The molecule has 0 radical (unpaired) electrons. The number of esters is 1. The van der Waals surface area contributed by atoms with E-state index in [2.05, 4.69) is 4.74 Å². The van der Waals surface area contributed by atoms with Gasteiger partial charge in [0, 0.05) is 6.54 Å². The fourth-order valence-electron chi connectivity index (χ4n) is 1.10. The predicted molar refractivity (Wildman–Crippen MR) is 48.8 cm³/mol. The standard InChI is InChI=1S/C9H13NO4/c1-5-6(9(12)13-2)3-8(14-5)7(11)4-10/h3,7,11H,4,10H2,1-2H3/t7-/m0/s1. The average Bonchev–Trinajstić information content (AvgIpc) is 2.58. The van der Waals surface area contributed by atoms with Crippen LogP contribution >= 0.6 is 0 Å². The third-order valence-electron chi connectivity index (χ3n) is 1.89. The van der Waals surface area contributed by atoms with Crippen molar-refractivity contribution in [3.63, 3.8) is 0 Å². The molecular formula is C9H13NO4. The molecule has 1 aromatic rings. The number of nitrogens with two attached hydrogens (primary N) is 1. The molecule has 1 aromatic heterocycles. The maximum atomic E-state index is 11.2. The van der Waals surface area contributed by atoms with Crippen molar-refractivity contribution in [2.24, 2.45) is 5.73 Å². The lowest BCUT2D eigenvalue weighted by atomic mass is 10.2. The van der Waals surface area contributed by atoms with Crippen molar-refractivity contribution in [3.8, 4) is 0 Å². The summed E-state index contributed by atoms with van der Waals surface area (Å²) in [5, 5.41) is 9.35. The fraction of sp³-hybridized carbons (Fsp3) is 0.444. The number of aryl methyl sites for hydroxylation is 1. The second-order valence-corrected chi connectivity index (χ2v) is 2.86. The van der Waals surface area contributed by atoms with Crippen LogP contribution in [0.25, 0.3) is 0 Å². The maximum absolute atomic E-state index is 11.2. The summed E-state index contributed by atoms with van der Waals surface area (Å²) in [6.45, 7) is 1.67. The molecule has 1 heterocycles. The summed E-state index contributed by atoms with van der Waals surface area (Å²) in [5.74, 6) is 0.214. The summed E-state index contributed by atoms with van der Waals surface area (Å²) < 4.78 is 9.69. The van der Waals surface area contributed by atoms with Gasteiger partial charge in [-0.15, -0.1) is 0 Å². The van der Waals surface area contributed by atoms with Gasteiger partial charge in [0.05, 0.1) is 7.11 Å². The van der Waals surface area contributed by atoms with E-state index >= 15 is 0 Å². The molecule has 0 saturated heterocycles. The van der Waals surface area contributed by atoms with Gasteiger partial charge in [0.1, 0.15) is 23.2 Å². The molecule has 0 aliphatic carbocycles. The number of methoxy groups -OCH3 is 1. The molecule has 0 aromatic carbocycles. The summed E-state index contributed by atoms with van der Waals surface area (Å²) in [6, 6.07) is 1.44. The number of carbonyl (C=O) groups excluding carboxylic acids is 1. The number of ether oxygens (including phenoxy) is 1. The molecule has 0 aliphatic heterocycles. The molecule has 0 aliphatic rings. The van der Waals surface area contributed by atoms with Crippen molar-refractivity contribution < 1.29 is 19.1 Å². The van der Waals surface area contributed by atoms with Gasteiger partial charge in [-0.1, -0.05) is 0 Å². The third-order valence-corrected chi connectivity index (χ3v) is 1.89. The van der Waals surface area contributed by atoms with Gasteiger partial charge < -0.3 is 20.0 Å². The second-order valence-electron chi connectivity index (χ2n) is 2.86. The number of carbonyl (C=O) groups is 1.